The monoisotopic (exact) mass is 346 g/mol. The maximum atomic E-state index is 11.8. The van der Waals surface area contributed by atoms with Gasteiger partial charge in [-0.15, -0.1) is 0 Å². The van der Waals surface area contributed by atoms with Crippen LogP contribution in [0.3, 0.4) is 0 Å². The molecule has 25 heavy (non-hydrogen) atoms. The number of aromatic nitrogens is 2. The van der Waals surface area contributed by atoms with Gasteiger partial charge < -0.3 is 14.8 Å². The van der Waals surface area contributed by atoms with E-state index in [9.17, 15) is 9.90 Å². The first kappa shape index (κ1) is 17.7. The molecule has 7 nitrogen and oxygen atoms in total. The molecular weight excluding hydrogens is 320 g/mol. The van der Waals surface area contributed by atoms with Crippen molar-refractivity contribution in [1.82, 2.24) is 20.4 Å². The number of carbonyl (C=O) groups excluding carboxylic acids is 1. The van der Waals surface area contributed by atoms with E-state index in [2.05, 4.69) is 20.4 Å². The van der Waals surface area contributed by atoms with Crippen LogP contribution in [0, 0.1) is 5.92 Å². The van der Waals surface area contributed by atoms with Crippen LogP contribution in [-0.2, 0) is 11.3 Å². The third kappa shape index (κ3) is 4.70. The quantitative estimate of drug-likeness (QED) is 0.741. The zero-order chi connectivity index (χ0) is 17.9. The van der Waals surface area contributed by atoms with E-state index in [1.807, 2.05) is 18.2 Å². The van der Waals surface area contributed by atoms with Crippen LogP contribution in [-0.4, -0.2) is 51.3 Å². The molecule has 3 rings (SSSR count). The second-order valence-electron chi connectivity index (χ2n) is 7.25. The Balaban J connectivity index is 1.51. The number of hydrogen-bond acceptors (Lipinski definition) is 5. The number of nitrogens with zero attached hydrogens (tertiary/aromatic N) is 2. The van der Waals surface area contributed by atoms with E-state index in [4.69, 9.17) is 4.42 Å². The van der Waals surface area contributed by atoms with Crippen molar-refractivity contribution in [3.8, 4) is 11.5 Å². The standard InChI is InChI=1S/C18H26N4O3/c1-18(2,24)17(23)19-10-13-4-3-9-22(11-13)12-14-5-6-16(25-14)15-7-8-20-21-15/h5-8,13,24H,3-4,9-12H2,1-2H3,(H,19,23)(H,20,21)/t13-/m0/s1. The number of likely N-dealkylation sites (tertiary alicyclic amines) is 1. The minimum atomic E-state index is -1.33. The van der Waals surface area contributed by atoms with Gasteiger partial charge in [-0.1, -0.05) is 0 Å². The van der Waals surface area contributed by atoms with Crippen molar-refractivity contribution < 1.29 is 14.3 Å². The molecule has 0 unspecified atom stereocenters. The maximum absolute atomic E-state index is 11.8. The van der Waals surface area contributed by atoms with Gasteiger partial charge in [0, 0.05) is 19.3 Å². The lowest BCUT2D eigenvalue weighted by Crippen LogP contribution is -2.46. The number of aromatic amines is 1. The largest absolute Gasteiger partial charge is 0.458 e. The first-order chi connectivity index (χ1) is 11.9. The van der Waals surface area contributed by atoms with Crippen LogP contribution in [0.2, 0.25) is 0 Å². The molecule has 1 amide bonds. The fourth-order valence-electron chi connectivity index (χ4n) is 3.14. The summed E-state index contributed by atoms with van der Waals surface area (Å²) in [5, 5.41) is 19.4. The Morgan fingerprint density at radius 2 is 2.32 bits per heavy atom. The summed E-state index contributed by atoms with van der Waals surface area (Å²) in [6, 6.07) is 5.83. The third-order valence-corrected chi connectivity index (χ3v) is 4.52. The van der Waals surface area contributed by atoms with Crippen LogP contribution in [0.15, 0.2) is 28.8 Å². The van der Waals surface area contributed by atoms with Gasteiger partial charge in [0.2, 0.25) is 0 Å². The van der Waals surface area contributed by atoms with E-state index in [1.165, 1.54) is 13.8 Å². The summed E-state index contributed by atoms with van der Waals surface area (Å²) in [6.07, 6.45) is 3.88. The molecule has 3 heterocycles. The smallest absolute Gasteiger partial charge is 0.251 e. The lowest BCUT2D eigenvalue weighted by Gasteiger charge is -2.32. The summed E-state index contributed by atoms with van der Waals surface area (Å²) in [5.74, 6) is 1.78. The molecule has 136 valence electrons. The first-order valence-corrected chi connectivity index (χ1v) is 8.73. The molecule has 0 aromatic carbocycles. The predicted octanol–water partition coefficient (Wildman–Crippen LogP) is 1.77. The number of amides is 1. The molecule has 0 spiro atoms. The molecule has 0 bridgehead atoms. The van der Waals surface area contributed by atoms with E-state index in [1.54, 1.807) is 6.20 Å². The molecule has 1 aliphatic rings. The Hall–Kier alpha value is -2.12. The fourth-order valence-corrected chi connectivity index (χ4v) is 3.14. The highest BCUT2D eigenvalue weighted by atomic mass is 16.3. The van der Waals surface area contributed by atoms with Crippen molar-refractivity contribution >= 4 is 5.91 Å². The Bertz CT molecular complexity index is 687. The number of aliphatic hydroxyl groups is 1. The molecule has 0 radical (unpaired) electrons. The number of piperidine rings is 1. The molecule has 3 N–H and O–H groups in total. The van der Waals surface area contributed by atoms with E-state index in [0.717, 1.165) is 49.7 Å². The van der Waals surface area contributed by atoms with Crippen molar-refractivity contribution in [2.75, 3.05) is 19.6 Å². The third-order valence-electron chi connectivity index (χ3n) is 4.52. The lowest BCUT2D eigenvalue weighted by atomic mass is 9.97. The number of H-pyrrole nitrogens is 1. The van der Waals surface area contributed by atoms with Gasteiger partial charge in [-0.25, -0.2) is 0 Å². The fraction of sp³-hybridized carbons (Fsp3) is 0.556. The van der Waals surface area contributed by atoms with Crippen LogP contribution in [0.4, 0.5) is 0 Å². The number of rotatable bonds is 6. The zero-order valence-electron chi connectivity index (χ0n) is 14.8. The van der Waals surface area contributed by atoms with Crippen molar-refractivity contribution in [1.29, 1.82) is 0 Å². The van der Waals surface area contributed by atoms with E-state index in [0.29, 0.717) is 12.5 Å². The predicted molar refractivity (Wildman–Crippen MR) is 93.6 cm³/mol. The SMILES string of the molecule is CC(C)(O)C(=O)NC[C@@H]1CCCN(Cc2ccc(-c3ccn[nH]3)o2)C1. The van der Waals surface area contributed by atoms with Gasteiger partial charge in [0.1, 0.15) is 17.1 Å². The molecule has 1 atom stereocenters. The van der Waals surface area contributed by atoms with Crippen molar-refractivity contribution in [2.45, 2.75) is 38.8 Å². The van der Waals surface area contributed by atoms with Crippen molar-refractivity contribution in [2.24, 2.45) is 5.92 Å². The van der Waals surface area contributed by atoms with Crippen molar-refractivity contribution in [3.63, 3.8) is 0 Å². The number of carbonyl (C=O) groups is 1. The topological polar surface area (TPSA) is 94.4 Å². The summed E-state index contributed by atoms with van der Waals surface area (Å²) in [6.45, 7) is 6.29. The average molecular weight is 346 g/mol. The van der Waals surface area contributed by atoms with Gasteiger partial charge in [0.15, 0.2) is 5.76 Å². The highest BCUT2D eigenvalue weighted by Crippen LogP contribution is 2.23. The second kappa shape index (κ2) is 7.41. The molecule has 0 saturated carbocycles. The highest BCUT2D eigenvalue weighted by Gasteiger charge is 2.26. The molecule has 1 saturated heterocycles. The molecule has 7 heteroatoms. The average Bonchev–Trinajstić information content (AvgIpc) is 3.23. The van der Waals surface area contributed by atoms with Crippen LogP contribution < -0.4 is 5.32 Å². The number of furan rings is 1. The summed E-state index contributed by atoms with van der Waals surface area (Å²) >= 11 is 0. The summed E-state index contributed by atoms with van der Waals surface area (Å²) in [7, 11) is 0. The van der Waals surface area contributed by atoms with Crippen molar-refractivity contribution in [3.05, 3.63) is 30.2 Å². The minimum Gasteiger partial charge on any atom is -0.458 e. The van der Waals surface area contributed by atoms with Crippen LogP contribution >= 0.6 is 0 Å². The maximum Gasteiger partial charge on any atom is 0.251 e. The molecule has 2 aromatic rings. The van der Waals surface area contributed by atoms with Gasteiger partial charge in [-0.3, -0.25) is 14.8 Å². The van der Waals surface area contributed by atoms with Gasteiger partial charge >= 0.3 is 0 Å². The summed E-state index contributed by atoms with van der Waals surface area (Å²) < 4.78 is 5.89. The van der Waals surface area contributed by atoms with Crippen LogP contribution in [0.25, 0.3) is 11.5 Å². The van der Waals surface area contributed by atoms with Crippen LogP contribution in [0.1, 0.15) is 32.4 Å². The van der Waals surface area contributed by atoms with Gasteiger partial charge in [-0.05, 0) is 57.4 Å². The Morgan fingerprint density at radius 1 is 1.48 bits per heavy atom. The number of hydrogen-bond donors (Lipinski definition) is 3. The van der Waals surface area contributed by atoms with Gasteiger partial charge in [-0.2, -0.15) is 5.10 Å². The lowest BCUT2D eigenvalue weighted by molar-refractivity contribution is -0.136. The van der Waals surface area contributed by atoms with E-state index < -0.39 is 5.60 Å². The Labute approximate surface area is 147 Å². The Kier molecular flexibility index (Phi) is 5.24. The molecular formula is C18H26N4O3. The zero-order valence-corrected chi connectivity index (χ0v) is 14.8. The second-order valence-corrected chi connectivity index (χ2v) is 7.25. The molecule has 1 fully saturated rings. The summed E-state index contributed by atoms with van der Waals surface area (Å²) in [4.78, 5) is 14.1. The Morgan fingerprint density at radius 3 is 3.04 bits per heavy atom. The normalized spacial score (nSPS) is 19.1. The van der Waals surface area contributed by atoms with Crippen LogP contribution in [0.5, 0.6) is 0 Å². The molecule has 1 aliphatic heterocycles. The van der Waals surface area contributed by atoms with E-state index in [-0.39, 0.29) is 5.91 Å². The minimum absolute atomic E-state index is 0.320. The highest BCUT2D eigenvalue weighted by molar-refractivity contribution is 5.83. The number of nitrogens with one attached hydrogen (secondary N) is 2. The molecule has 0 aliphatic carbocycles. The molecule has 2 aromatic heterocycles. The first-order valence-electron chi connectivity index (χ1n) is 8.73. The van der Waals surface area contributed by atoms with Gasteiger partial charge in [0.25, 0.3) is 5.91 Å². The summed E-state index contributed by atoms with van der Waals surface area (Å²) in [5.41, 5.74) is -0.455. The van der Waals surface area contributed by atoms with Gasteiger partial charge in [0.05, 0.1) is 6.54 Å². The van der Waals surface area contributed by atoms with E-state index >= 15 is 0 Å².